The molecule has 0 aromatic heterocycles. The number of thioether (sulfide) groups is 1. The van der Waals surface area contributed by atoms with Crippen LogP contribution in [-0.4, -0.2) is 47.6 Å². The molecule has 152 valence electrons. The number of urea groups is 1. The van der Waals surface area contributed by atoms with Gasteiger partial charge in [0.15, 0.2) is 0 Å². The fraction of sp³-hybridized carbons (Fsp3) is 0.286. The van der Waals surface area contributed by atoms with E-state index >= 15 is 0 Å². The number of halogens is 1. The number of amides is 4. The molecule has 6 nitrogen and oxygen atoms in total. The van der Waals surface area contributed by atoms with Crippen LogP contribution in [0, 0.1) is 6.92 Å². The topological polar surface area (TPSA) is 69.7 Å². The van der Waals surface area contributed by atoms with Gasteiger partial charge in [0.05, 0.1) is 0 Å². The predicted molar refractivity (Wildman–Crippen MR) is 115 cm³/mol. The number of benzene rings is 2. The second-order valence-corrected chi connectivity index (χ2v) is 8.35. The molecule has 0 spiro atoms. The van der Waals surface area contributed by atoms with Gasteiger partial charge in [-0.15, -0.1) is 11.8 Å². The summed E-state index contributed by atoms with van der Waals surface area (Å²) in [6, 6.07) is 13.6. The molecule has 0 radical (unpaired) electrons. The molecule has 4 amide bonds. The molecule has 1 N–H and O–H groups in total. The number of carbonyl (C=O) groups is 3. The van der Waals surface area contributed by atoms with Gasteiger partial charge in [-0.2, -0.15) is 0 Å². The van der Waals surface area contributed by atoms with Crippen molar-refractivity contribution in [2.75, 3.05) is 23.7 Å². The maximum atomic E-state index is 12.7. The summed E-state index contributed by atoms with van der Waals surface area (Å²) in [7, 11) is 0. The highest BCUT2D eigenvalue weighted by molar-refractivity contribution is 7.99. The number of nitrogens with one attached hydrogen (secondary N) is 1. The second kappa shape index (κ2) is 9.33. The zero-order chi connectivity index (χ0) is 21.0. The molecule has 8 heteroatoms. The fourth-order valence-corrected chi connectivity index (χ4v) is 3.89. The third-order valence-electron chi connectivity index (χ3n) is 4.57. The van der Waals surface area contributed by atoms with E-state index in [-0.39, 0.29) is 12.5 Å². The minimum absolute atomic E-state index is 0.290. The molecule has 0 saturated carbocycles. The molecule has 1 unspecified atom stereocenters. The maximum Gasteiger partial charge on any atom is 0.332 e. The van der Waals surface area contributed by atoms with Gasteiger partial charge in [0.2, 0.25) is 5.91 Å². The number of hydrogen-bond acceptors (Lipinski definition) is 4. The molecule has 0 bridgehead atoms. The van der Waals surface area contributed by atoms with Gasteiger partial charge in [-0.3, -0.25) is 19.4 Å². The van der Waals surface area contributed by atoms with Crippen molar-refractivity contribution in [3.63, 3.8) is 0 Å². The van der Waals surface area contributed by atoms with E-state index in [1.54, 1.807) is 43.0 Å². The smallest absolute Gasteiger partial charge is 0.332 e. The Morgan fingerprint density at radius 1 is 1.10 bits per heavy atom. The minimum Gasteiger partial charge on any atom is -0.354 e. The SMILES string of the molecule is Cc1ccc(SCCNC(=O)CN2C(=O)C(C)N(c3ccc(Cl)cc3)C2=O)cc1. The largest absolute Gasteiger partial charge is 0.354 e. The van der Waals surface area contributed by atoms with Crippen molar-refractivity contribution in [2.45, 2.75) is 24.8 Å². The summed E-state index contributed by atoms with van der Waals surface area (Å²) in [5.74, 6) is -0.0558. The van der Waals surface area contributed by atoms with Gasteiger partial charge in [-0.1, -0.05) is 29.3 Å². The van der Waals surface area contributed by atoms with Crippen molar-refractivity contribution in [2.24, 2.45) is 0 Å². The number of imide groups is 1. The number of rotatable bonds is 7. The highest BCUT2D eigenvalue weighted by atomic mass is 35.5. The molecule has 2 aromatic carbocycles. The number of nitrogens with zero attached hydrogens (tertiary/aromatic N) is 2. The summed E-state index contributed by atoms with van der Waals surface area (Å²) < 4.78 is 0. The second-order valence-electron chi connectivity index (χ2n) is 6.74. The molecule has 1 aliphatic heterocycles. The van der Waals surface area contributed by atoms with E-state index < -0.39 is 18.0 Å². The fourth-order valence-electron chi connectivity index (χ4n) is 3.00. The highest BCUT2D eigenvalue weighted by Crippen LogP contribution is 2.26. The van der Waals surface area contributed by atoms with Crippen molar-refractivity contribution >= 4 is 46.9 Å². The van der Waals surface area contributed by atoms with E-state index in [9.17, 15) is 14.4 Å². The molecule has 1 aliphatic rings. The first-order valence-corrected chi connectivity index (χ1v) is 10.6. The molecule has 1 saturated heterocycles. The lowest BCUT2D eigenvalue weighted by Crippen LogP contribution is -2.42. The average Bonchev–Trinajstić information content (AvgIpc) is 2.91. The Labute approximate surface area is 179 Å². The van der Waals surface area contributed by atoms with Crippen molar-refractivity contribution in [1.29, 1.82) is 0 Å². The summed E-state index contributed by atoms with van der Waals surface area (Å²) >= 11 is 7.52. The van der Waals surface area contributed by atoms with Gasteiger partial charge in [0.25, 0.3) is 5.91 Å². The number of aryl methyl sites for hydroxylation is 1. The molecule has 29 heavy (non-hydrogen) atoms. The van der Waals surface area contributed by atoms with Gasteiger partial charge in [0.1, 0.15) is 12.6 Å². The Balaban J connectivity index is 1.51. The Morgan fingerprint density at radius 2 is 1.76 bits per heavy atom. The molecular formula is C21H22ClN3O3S. The van der Waals surface area contributed by atoms with E-state index in [0.29, 0.717) is 23.0 Å². The van der Waals surface area contributed by atoms with E-state index in [4.69, 9.17) is 11.6 Å². The van der Waals surface area contributed by atoms with Gasteiger partial charge < -0.3 is 5.32 Å². The van der Waals surface area contributed by atoms with E-state index in [1.165, 1.54) is 10.5 Å². The lowest BCUT2D eigenvalue weighted by atomic mass is 10.2. The number of carbonyl (C=O) groups excluding carboxylic acids is 3. The first-order chi connectivity index (χ1) is 13.9. The normalized spacial score (nSPS) is 16.4. The van der Waals surface area contributed by atoms with Gasteiger partial charge in [0, 0.05) is 27.9 Å². The van der Waals surface area contributed by atoms with Gasteiger partial charge in [-0.25, -0.2) is 4.79 Å². The summed E-state index contributed by atoms with van der Waals surface area (Å²) in [4.78, 5) is 40.9. The Kier molecular flexibility index (Phi) is 6.82. The zero-order valence-corrected chi connectivity index (χ0v) is 17.8. The average molecular weight is 432 g/mol. The molecule has 1 fully saturated rings. The first-order valence-electron chi connectivity index (χ1n) is 9.23. The molecule has 2 aromatic rings. The van der Waals surface area contributed by atoms with Crippen LogP contribution in [0.4, 0.5) is 10.5 Å². The lowest BCUT2D eigenvalue weighted by molar-refractivity contribution is -0.131. The Morgan fingerprint density at radius 3 is 2.41 bits per heavy atom. The van der Waals surface area contributed by atoms with E-state index in [1.807, 2.05) is 31.2 Å². The Bertz CT molecular complexity index is 902. The van der Waals surface area contributed by atoms with Crippen LogP contribution in [0.2, 0.25) is 5.02 Å². The minimum atomic E-state index is -0.673. The lowest BCUT2D eigenvalue weighted by Gasteiger charge is -2.19. The van der Waals surface area contributed by atoms with Crippen LogP contribution in [0.3, 0.4) is 0 Å². The standard InChI is InChI=1S/C21H22ClN3O3S/c1-14-3-9-18(10-4-14)29-12-11-23-19(26)13-24-20(27)15(2)25(21(24)28)17-7-5-16(22)6-8-17/h3-10,15H,11-13H2,1-2H3,(H,23,26). The monoisotopic (exact) mass is 431 g/mol. The number of anilines is 1. The van der Waals surface area contributed by atoms with Crippen LogP contribution < -0.4 is 10.2 Å². The van der Waals surface area contributed by atoms with Crippen LogP contribution in [0.5, 0.6) is 0 Å². The molecule has 3 rings (SSSR count). The van der Waals surface area contributed by atoms with Crippen molar-refractivity contribution in [3.8, 4) is 0 Å². The van der Waals surface area contributed by atoms with Gasteiger partial charge in [-0.05, 0) is 50.2 Å². The summed E-state index contributed by atoms with van der Waals surface area (Å²) in [5, 5.41) is 3.31. The molecule has 1 heterocycles. The Hall–Kier alpha value is -2.51. The third-order valence-corrected chi connectivity index (χ3v) is 5.83. The predicted octanol–water partition coefficient (Wildman–Crippen LogP) is 3.71. The van der Waals surface area contributed by atoms with Crippen molar-refractivity contribution in [1.82, 2.24) is 10.2 Å². The summed E-state index contributed by atoms with van der Waals surface area (Å²) in [5.41, 5.74) is 1.77. The van der Waals surface area contributed by atoms with Crippen LogP contribution in [0.15, 0.2) is 53.4 Å². The van der Waals surface area contributed by atoms with Crippen LogP contribution in [0.25, 0.3) is 0 Å². The van der Waals surface area contributed by atoms with Crippen molar-refractivity contribution in [3.05, 3.63) is 59.1 Å². The molecule has 0 aliphatic carbocycles. The zero-order valence-electron chi connectivity index (χ0n) is 16.2. The maximum absolute atomic E-state index is 12.7. The first kappa shape index (κ1) is 21.2. The van der Waals surface area contributed by atoms with Crippen LogP contribution in [-0.2, 0) is 9.59 Å². The quantitative estimate of drug-likeness (QED) is 0.412. The number of hydrogen-bond donors (Lipinski definition) is 1. The van der Waals surface area contributed by atoms with E-state index in [0.717, 1.165) is 9.80 Å². The van der Waals surface area contributed by atoms with Crippen LogP contribution in [0.1, 0.15) is 12.5 Å². The summed E-state index contributed by atoms with van der Waals surface area (Å²) in [6.07, 6.45) is 0. The van der Waals surface area contributed by atoms with Crippen LogP contribution >= 0.6 is 23.4 Å². The van der Waals surface area contributed by atoms with E-state index in [2.05, 4.69) is 5.32 Å². The molecule has 1 atom stereocenters. The van der Waals surface area contributed by atoms with Crippen molar-refractivity contribution < 1.29 is 14.4 Å². The van der Waals surface area contributed by atoms with Gasteiger partial charge >= 0.3 is 6.03 Å². The third kappa shape index (κ3) is 5.10. The highest BCUT2D eigenvalue weighted by Gasteiger charge is 2.43. The molecular weight excluding hydrogens is 410 g/mol. The summed E-state index contributed by atoms with van der Waals surface area (Å²) in [6.45, 7) is 3.83.